The van der Waals surface area contributed by atoms with Crippen LogP contribution < -0.4 is 0 Å². The lowest BCUT2D eigenvalue weighted by Crippen LogP contribution is -2.39. The normalized spacial score (nSPS) is 17.5. The zero-order valence-corrected chi connectivity index (χ0v) is 12.6. The Hall–Kier alpha value is -2.88. The van der Waals surface area contributed by atoms with Gasteiger partial charge in [-0.1, -0.05) is 60.7 Å². The Kier molecular flexibility index (Phi) is 4.52. The van der Waals surface area contributed by atoms with Crippen molar-refractivity contribution in [3.63, 3.8) is 0 Å². The van der Waals surface area contributed by atoms with E-state index in [1.54, 1.807) is 6.08 Å². The van der Waals surface area contributed by atoms with Crippen molar-refractivity contribution in [2.45, 2.75) is 12.5 Å². The minimum atomic E-state index is -0.575. The molecule has 1 heterocycles. The molecule has 116 valence electrons. The Morgan fingerprint density at radius 1 is 1.09 bits per heavy atom. The maximum Gasteiger partial charge on any atom is 0.417 e. The van der Waals surface area contributed by atoms with Gasteiger partial charge in [0.2, 0.25) is 0 Å². The Morgan fingerprint density at radius 3 is 2.43 bits per heavy atom. The fourth-order valence-electron chi connectivity index (χ4n) is 2.58. The number of hydrogen-bond acceptors (Lipinski definition) is 3. The molecule has 0 unspecified atom stereocenters. The first-order valence-electron chi connectivity index (χ1n) is 7.51. The zero-order valence-electron chi connectivity index (χ0n) is 12.6. The molecule has 2 aromatic carbocycles. The Balaban J connectivity index is 1.72. The van der Waals surface area contributed by atoms with Gasteiger partial charge in [0.15, 0.2) is 0 Å². The van der Waals surface area contributed by atoms with Crippen LogP contribution in [0.25, 0.3) is 6.08 Å². The summed E-state index contributed by atoms with van der Waals surface area (Å²) in [5.74, 6) is -0.350. The van der Waals surface area contributed by atoms with E-state index in [2.05, 4.69) is 0 Å². The molecule has 1 saturated heterocycles. The van der Waals surface area contributed by atoms with Crippen LogP contribution >= 0.6 is 0 Å². The summed E-state index contributed by atoms with van der Waals surface area (Å²) in [6.07, 6.45) is 3.14. The lowest BCUT2D eigenvalue weighted by Gasteiger charge is -2.18. The third-order valence-corrected chi connectivity index (χ3v) is 3.73. The molecule has 3 rings (SSSR count). The molecule has 4 nitrogen and oxygen atoms in total. The topological polar surface area (TPSA) is 46.6 Å². The molecule has 0 radical (unpaired) electrons. The van der Waals surface area contributed by atoms with Crippen molar-refractivity contribution in [1.29, 1.82) is 0 Å². The highest BCUT2D eigenvalue weighted by Gasteiger charge is 2.36. The summed E-state index contributed by atoms with van der Waals surface area (Å²) in [5, 5.41) is 0. The monoisotopic (exact) mass is 307 g/mol. The first-order valence-corrected chi connectivity index (χ1v) is 7.51. The lowest BCUT2D eigenvalue weighted by atomic mass is 10.1. The van der Waals surface area contributed by atoms with E-state index in [4.69, 9.17) is 4.74 Å². The highest BCUT2D eigenvalue weighted by molar-refractivity contribution is 6.02. The fourth-order valence-corrected chi connectivity index (χ4v) is 2.58. The van der Waals surface area contributed by atoms with Crippen molar-refractivity contribution in [2.75, 3.05) is 6.61 Å². The molecule has 2 aromatic rings. The van der Waals surface area contributed by atoms with Crippen LogP contribution in [-0.4, -0.2) is 29.5 Å². The van der Waals surface area contributed by atoms with Crippen LogP contribution in [0, 0.1) is 0 Å². The van der Waals surface area contributed by atoms with E-state index < -0.39 is 6.09 Å². The summed E-state index contributed by atoms with van der Waals surface area (Å²) in [6.45, 7) is 0.235. The molecule has 2 amide bonds. The number of carbonyl (C=O) groups excluding carboxylic acids is 2. The number of ether oxygens (including phenoxy) is 1. The molecular formula is C19H17NO3. The van der Waals surface area contributed by atoms with Gasteiger partial charge in [-0.05, 0) is 23.6 Å². The van der Waals surface area contributed by atoms with Gasteiger partial charge in [-0.3, -0.25) is 4.79 Å². The number of benzene rings is 2. The Morgan fingerprint density at radius 2 is 1.74 bits per heavy atom. The average Bonchev–Trinajstić information content (AvgIpc) is 2.95. The summed E-state index contributed by atoms with van der Waals surface area (Å²) in [7, 11) is 0. The summed E-state index contributed by atoms with van der Waals surface area (Å²) in [5.41, 5.74) is 1.98. The molecule has 0 aliphatic carbocycles. The van der Waals surface area contributed by atoms with E-state index in [0.717, 1.165) is 11.1 Å². The second-order valence-corrected chi connectivity index (χ2v) is 5.37. The van der Waals surface area contributed by atoms with Gasteiger partial charge in [-0.2, -0.15) is 0 Å². The van der Waals surface area contributed by atoms with Crippen LogP contribution in [0.3, 0.4) is 0 Å². The predicted molar refractivity (Wildman–Crippen MR) is 87.6 cm³/mol. The Bertz CT molecular complexity index is 710. The lowest BCUT2D eigenvalue weighted by molar-refractivity contribution is -0.124. The van der Waals surface area contributed by atoms with Gasteiger partial charge in [-0.25, -0.2) is 9.69 Å². The van der Waals surface area contributed by atoms with Crippen LogP contribution in [0.1, 0.15) is 11.1 Å². The third kappa shape index (κ3) is 3.66. The van der Waals surface area contributed by atoms with Crippen LogP contribution in [0.15, 0.2) is 66.7 Å². The maximum absolute atomic E-state index is 12.4. The van der Waals surface area contributed by atoms with Gasteiger partial charge >= 0.3 is 6.09 Å². The molecule has 0 bridgehead atoms. The average molecular weight is 307 g/mol. The van der Waals surface area contributed by atoms with Gasteiger partial charge in [0, 0.05) is 6.08 Å². The maximum atomic E-state index is 12.4. The first-order chi connectivity index (χ1) is 11.2. The number of cyclic esters (lactones) is 1. The molecule has 0 saturated carbocycles. The molecular weight excluding hydrogens is 290 g/mol. The van der Waals surface area contributed by atoms with Gasteiger partial charge in [0.25, 0.3) is 5.91 Å². The first kappa shape index (κ1) is 15.0. The second kappa shape index (κ2) is 6.92. The van der Waals surface area contributed by atoms with E-state index >= 15 is 0 Å². The standard InChI is InChI=1S/C19H17NO3/c21-18(12-11-15-7-3-1-4-8-15)20-17(14-23-19(20)22)13-16-9-5-2-6-10-16/h1-12,17H,13-14H2/t17-/m0/s1. The number of carbonyl (C=O) groups is 2. The number of rotatable bonds is 4. The molecule has 1 aliphatic heterocycles. The highest BCUT2D eigenvalue weighted by Crippen LogP contribution is 2.18. The van der Waals surface area contributed by atoms with E-state index in [9.17, 15) is 9.59 Å². The van der Waals surface area contributed by atoms with Crippen LogP contribution in [0.5, 0.6) is 0 Å². The highest BCUT2D eigenvalue weighted by atomic mass is 16.6. The van der Waals surface area contributed by atoms with E-state index in [1.807, 2.05) is 60.7 Å². The van der Waals surface area contributed by atoms with Crippen molar-refractivity contribution in [3.8, 4) is 0 Å². The third-order valence-electron chi connectivity index (χ3n) is 3.73. The molecule has 0 N–H and O–H groups in total. The van der Waals surface area contributed by atoms with E-state index in [0.29, 0.717) is 6.42 Å². The molecule has 23 heavy (non-hydrogen) atoms. The van der Waals surface area contributed by atoms with Gasteiger partial charge in [0.1, 0.15) is 6.61 Å². The number of imide groups is 1. The van der Waals surface area contributed by atoms with Crippen molar-refractivity contribution >= 4 is 18.1 Å². The van der Waals surface area contributed by atoms with Crippen molar-refractivity contribution < 1.29 is 14.3 Å². The molecule has 1 atom stereocenters. The summed E-state index contributed by atoms with van der Waals surface area (Å²) in [6, 6.07) is 19.0. The van der Waals surface area contributed by atoms with Gasteiger partial charge in [0.05, 0.1) is 6.04 Å². The van der Waals surface area contributed by atoms with Crippen LogP contribution in [0.4, 0.5) is 4.79 Å². The van der Waals surface area contributed by atoms with Crippen LogP contribution in [0.2, 0.25) is 0 Å². The van der Waals surface area contributed by atoms with Gasteiger partial charge < -0.3 is 4.74 Å². The number of hydrogen-bond donors (Lipinski definition) is 0. The molecule has 1 fully saturated rings. The molecule has 4 heteroatoms. The van der Waals surface area contributed by atoms with Crippen molar-refractivity contribution in [1.82, 2.24) is 4.90 Å². The van der Waals surface area contributed by atoms with E-state index in [1.165, 1.54) is 11.0 Å². The largest absolute Gasteiger partial charge is 0.447 e. The van der Waals surface area contributed by atoms with Crippen molar-refractivity contribution in [3.05, 3.63) is 77.9 Å². The number of amides is 2. The predicted octanol–water partition coefficient (Wildman–Crippen LogP) is 3.29. The minimum Gasteiger partial charge on any atom is -0.447 e. The second-order valence-electron chi connectivity index (χ2n) is 5.37. The quantitative estimate of drug-likeness (QED) is 0.814. The van der Waals surface area contributed by atoms with Crippen LogP contribution in [-0.2, 0) is 16.0 Å². The summed E-state index contributed by atoms with van der Waals surface area (Å²) in [4.78, 5) is 25.4. The fraction of sp³-hybridized carbons (Fsp3) is 0.158. The minimum absolute atomic E-state index is 0.235. The Labute approximate surface area is 135 Å². The number of nitrogens with zero attached hydrogens (tertiary/aromatic N) is 1. The molecule has 0 aromatic heterocycles. The van der Waals surface area contributed by atoms with Gasteiger partial charge in [-0.15, -0.1) is 0 Å². The zero-order chi connectivity index (χ0) is 16.1. The SMILES string of the molecule is O=C(C=Cc1ccccc1)N1C(=O)OC[C@@H]1Cc1ccccc1. The summed E-state index contributed by atoms with van der Waals surface area (Å²) >= 11 is 0. The smallest absolute Gasteiger partial charge is 0.417 e. The van der Waals surface area contributed by atoms with E-state index in [-0.39, 0.29) is 18.6 Å². The van der Waals surface area contributed by atoms with Crippen molar-refractivity contribution in [2.24, 2.45) is 0 Å². The molecule has 1 aliphatic rings. The summed E-state index contributed by atoms with van der Waals surface area (Å²) < 4.78 is 5.06. The molecule has 0 spiro atoms.